The van der Waals surface area contributed by atoms with Crippen molar-refractivity contribution in [3.8, 4) is 11.8 Å². The van der Waals surface area contributed by atoms with Crippen LogP contribution >= 0.6 is 0 Å². The van der Waals surface area contributed by atoms with Crippen LogP contribution in [-0.4, -0.2) is 34.8 Å². The van der Waals surface area contributed by atoms with Crippen LogP contribution in [0.2, 0.25) is 0 Å². The number of anilines is 1. The number of hydrogen-bond donors (Lipinski definition) is 2. The summed E-state index contributed by atoms with van der Waals surface area (Å²) in [5.74, 6) is 5.91. The molecule has 1 atom stereocenters. The first-order chi connectivity index (χ1) is 9.64. The van der Waals surface area contributed by atoms with E-state index in [-0.39, 0.29) is 12.5 Å². The van der Waals surface area contributed by atoms with Crippen LogP contribution in [0.4, 0.5) is 5.82 Å². The third kappa shape index (κ3) is 3.56. The van der Waals surface area contributed by atoms with E-state index in [0.29, 0.717) is 24.5 Å². The van der Waals surface area contributed by atoms with Gasteiger partial charge in [0, 0.05) is 13.0 Å². The Morgan fingerprint density at radius 3 is 3.15 bits per heavy atom. The van der Waals surface area contributed by atoms with E-state index in [4.69, 9.17) is 9.84 Å². The van der Waals surface area contributed by atoms with Crippen LogP contribution in [-0.2, 0) is 9.53 Å². The van der Waals surface area contributed by atoms with Gasteiger partial charge < -0.3 is 15.2 Å². The van der Waals surface area contributed by atoms with Crippen molar-refractivity contribution in [1.82, 2.24) is 4.98 Å². The van der Waals surface area contributed by atoms with Gasteiger partial charge in [-0.15, -0.1) is 0 Å². The third-order valence-corrected chi connectivity index (χ3v) is 3.14. The zero-order chi connectivity index (χ0) is 14.4. The number of amides is 1. The van der Waals surface area contributed by atoms with Crippen LogP contribution in [0.15, 0.2) is 18.2 Å². The number of hydrogen-bond acceptors (Lipinski definition) is 4. The third-order valence-electron chi connectivity index (χ3n) is 3.14. The molecule has 5 nitrogen and oxygen atoms in total. The Morgan fingerprint density at radius 2 is 2.45 bits per heavy atom. The van der Waals surface area contributed by atoms with E-state index >= 15 is 0 Å². The van der Waals surface area contributed by atoms with Gasteiger partial charge in [0.1, 0.15) is 17.1 Å². The largest absolute Gasteiger partial charge is 0.395 e. The van der Waals surface area contributed by atoms with E-state index in [1.165, 1.54) is 0 Å². The summed E-state index contributed by atoms with van der Waals surface area (Å²) < 4.78 is 5.49. The molecule has 1 aromatic rings. The second-order valence-corrected chi connectivity index (χ2v) is 4.82. The van der Waals surface area contributed by atoms with Gasteiger partial charge in [0.2, 0.25) is 0 Å². The van der Waals surface area contributed by atoms with Gasteiger partial charge in [0.25, 0.3) is 5.91 Å². The maximum atomic E-state index is 12.2. The highest BCUT2D eigenvalue weighted by atomic mass is 16.5. The van der Waals surface area contributed by atoms with E-state index in [0.717, 1.165) is 12.8 Å². The lowest BCUT2D eigenvalue weighted by Crippen LogP contribution is -2.39. The summed E-state index contributed by atoms with van der Waals surface area (Å²) >= 11 is 0. The smallest absolute Gasteiger partial charge is 0.257 e. The first kappa shape index (κ1) is 14.5. The first-order valence-corrected chi connectivity index (χ1v) is 6.66. The molecule has 0 aromatic carbocycles. The molecule has 1 aliphatic rings. The molecule has 2 rings (SSSR count). The molecule has 0 bridgehead atoms. The molecule has 1 aliphatic heterocycles. The van der Waals surface area contributed by atoms with Crippen LogP contribution in [0.1, 0.15) is 31.9 Å². The minimum atomic E-state index is -0.764. The van der Waals surface area contributed by atoms with Crippen molar-refractivity contribution >= 4 is 11.7 Å². The number of carbonyl (C=O) groups is 1. The molecule has 0 saturated carbocycles. The summed E-state index contributed by atoms with van der Waals surface area (Å²) in [6.07, 6.45) is 2.02. The van der Waals surface area contributed by atoms with Crippen molar-refractivity contribution in [3.05, 3.63) is 23.9 Å². The molecule has 2 heterocycles. The Kier molecular flexibility index (Phi) is 4.72. The van der Waals surface area contributed by atoms with E-state index < -0.39 is 5.60 Å². The van der Waals surface area contributed by atoms with E-state index in [1.54, 1.807) is 25.1 Å². The molecular weight excluding hydrogens is 256 g/mol. The molecular formula is C15H18N2O3. The van der Waals surface area contributed by atoms with Crippen LogP contribution in [0, 0.1) is 11.8 Å². The molecule has 1 fully saturated rings. The number of pyridine rings is 1. The zero-order valence-electron chi connectivity index (χ0n) is 11.5. The fourth-order valence-electron chi connectivity index (χ4n) is 1.99. The van der Waals surface area contributed by atoms with Crippen molar-refractivity contribution in [1.29, 1.82) is 0 Å². The van der Waals surface area contributed by atoms with Crippen molar-refractivity contribution in [2.45, 2.75) is 31.8 Å². The van der Waals surface area contributed by atoms with Crippen LogP contribution in [0.3, 0.4) is 0 Å². The summed E-state index contributed by atoms with van der Waals surface area (Å²) in [7, 11) is 0. The molecule has 20 heavy (non-hydrogen) atoms. The van der Waals surface area contributed by atoms with Crippen molar-refractivity contribution in [2.75, 3.05) is 18.5 Å². The molecule has 0 spiro atoms. The summed E-state index contributed by atoms with van der Waals surface area (Å²) in [4.78, 5) is 16.4. The van der Waals surface area contributed by atoms with E-state index in [1.807, 2.05) is 0 Å². The number of aliphatic hydroxyl groups excluding tert-OH is 1. The Bertz CT molecular complexity index is 540. The molecule has 1 aromatic heterocycles. The van der Waals surface area contributed by atoms with Gasteiger partial charge in [0.05, 0.1) is 6.61 Å². The number of nitrogens with zero attached hydrogens (tertiary/aromatic N) is 1. The van der Waals surface area contributed by atoms with Crippen molar-refractivity contribution < 1.29 is 14.6 Å². The summed E-state index contributed by atoms with van der Waals surface area (Å²) in [5, 5.41) is 11.4. The van der Waals surface area contributed by atoms with Gasteiger partial charge in [-0.05, 0) is 37.8 Å². The Hall–Kier alpha value is -1.90. The monoisotopic (exact) mass is 274 g/mol. The molecule has 1 unspecified atom stereocenters. The van der Waals surface area contributed by atoms with Crippen LogP contribution in [0.5, 0.6) is 0 Å². The highest BCUT2D eigenvalue weighted by Gasteiger charge is 2.37. The number of aliphatic hydroxyl groups is 1. The van der Waals surface area contributed by atoms with Gasteiger partial charge in [-0.2, -0.15) is 0 Å². The number of nitrogens with one attached hydrogen (secondary N) is 1. The topological polar surface area (TPSA) is 71.5 Å². The summed E-state index contributed by atoms with van der Waals surface area (Å²) in [6, 6.07) is 5.25. The molecule has 106 valence electrons. The van der Waals surface area contributed by atoms with Crippen molar-refractivity contribution in [3.63, 3.8) is 0 Å². The molecule has 5 heteroatoms. The van der Waals surface area contributed by atoms with Gasteiger partial charge in [0.15, 0.2) is 0 Å². The average molecular weight is 274 g/mol. The number of aromatic nitrogens is 1. The lowest BCUT2D eigenvalue weighted by atomic mass is 10.0. The summed E-state index contributed by atoms with van der Waals surface area (Å²) in [5.41, 5.74) is -0.200. The molecule has 0 radical (unpaired) electrons. The number of ether oxygens (including phenoxy) is 1. The maximum Gasteiger partial charge on any atom is 0.257 e. The highest BCUT2D eigenvalue weighted by molar-refractivity contribution is 5.96. The lowest BCUT2D eigenvalue weighted by Gasteiger charge is -2.21. The lowest BCUT2D eigenvalue weighted by molar-refractivity contribution is -0.133. The minimum Gasteiger partial charge on any atom is -0.395 e. The molecule has 1 saturated heterocycles. The fourth-order valence-corrected chi connectivity index (χ4v) is 1.99. The van der Waals surface area contributed by atoms with Gasteiger partial charge >= 0.3 is 0 Å². The fraction of sp³-hybridized carbons (Fsp3) is 0.467. The van der Waals surface area contributed by atoms with Gasteiger partial charge in [-0.3, -0.25) is 4.79 Å². The summed E-state index contributed by atoms with van der Waals surface area (Å²) in [6.45, 7) is 2.43. The second-order valence-electron chi connectivity index (χ2n) is 4.82. The highest BCUT2D eigenvalue weighted by Crippen LogP contribution is 2.26. The van der Waals surface area contributed by atoms with Crippen LogP contribution in [0.25, 0.3) is 0 Å². The number of rotatable bonds is 3. The minimum absolute atomic E-state index is 0.0269. The van der Waals surface area contributed by atoms with E-state index in [2.05, 4.69) is 22.1 Å². The van der Waals surface area contributed by atoms with Gasteiger partial charge in [-0.25, -0.2) is 4.98 Å². The molecule has 0 aliphatic carbocycles. The molecule has 1 amide bonds. The Balaban J connectivity index is 2.05. The quantitative estimate of drug-likeness (QED) is 0.816. The maximum absolute atomic E-state index is 12.2. The Morgan fingerprint density at radius 1 is 1.60 bits per heavy atom. The predicted molar refractivity (Wildman–Crippen MR) is 75.0 cm³/mol. The van der Waals surface area contributed by atoms with Gasteiger partial charge in [-0.1, -0.05) is 12.0 Å². The predicted octanol–water partition coefficient (Wildman–Crippen LogP) is 1.32. The first-order valence-electron chi connectivity index (χ1n) is 6.66. The average Bonchev–Trinajstić information content (AvgIpc) is 2.88. The van der Waals surface area contributed by atoms with E-state index in [9.17, 15) is 4.79 Å². The zero-order valence-corrected chi connectivity index (χ0v) is 11.5. The number of carbonyl (C=O) groups excluding carboxylic acids is 1. The Labute approximate surface area is 118 Å². The van der Waals surface area contributed by atoms with Crippen molar-refractivity contribution in [2.24, 2.45) is 0 Å². The second kappa shape index (κ2) is 6.51. The normalized spacial score (nSPS) is 21.1. The SMILES string of the molecule is CC1(C(=O)Nc2cccc(C#CCCO)n2)CCCO1. The van der Waals surface area contributed by atoms with Crippen LogP contribution < -0.4 is 5.32 Å². The molecule has 2 N–H and O–H groups in total. The standard InChI is InChI=1S/C15H18N2O3/c1-15(9-5-11-20-15)14(19)17-13-8-4-7-12(16-13)6-2-3-10-18/h4,7-8,18H,3,5,9-11H2,1H3,(H,16,17,19).